The highest BCUT2D eigenvalue weighted by Gasteiger charge is 2.44. The number of nitrogens with zero attached hydrogens (tertiary/aromatic N) is 3. The smallest absolute Gasteiger partial charge is 0.342 e. The van der Waals surface area contributed by atoms with Crippen LogP contribution in [-0.2, 0) is 9.59 Å². The molecule has 0 spiro atoms. The molecule has 2 fully saturated rings. The molecular formula is C16H21F3N4O2S. The van der Waals surface area contributed by atoms with Gasteiger partial charge in [-0.15, -0.1) is 10.2 Å². The first-order valence-electron chi connectivity index (χ1n) is 8.77. The van der Waals surface area contributed by atoms with E-state index >= 15 is 0 Å². The van der Waals surface area contributed by atoms with Crippen LogP contribution in [0, 0.1) is 17.8 Å². The molecular weight excluding hydrogens is 369 g/mol. The van der Waals surface area contributed by atoms with Crippen molar-refractivity contribution in [1.82, 2.24) is 15.1 Å². The molecule has 1 N–H and O–H groups in total. The van der Waals surface area contributed by atoms with Gasteiger partial charge >= 0.3 is 6.18 Å². The van der Waals surface area contributed by atoms with E-state index in [0.717, 1.165) is 0 Å². The highest BCUT2D eigenvalue weighted by Crippen LogP contribution is 2.40. The van der Waals surface area contributed by atoms with E-state index in [1.54, 1.807) is 4.90 Å². The van der Waals surface area contributed by atoms with Crippen molar-refractivity contribution in [2.75, 3.05) is 18.4 Å². The molecule has 0 bridgehead atoms. The topological polar surface area (TPSA) is 75.2 Å². The van der Waals surface area contributed by atoms with E-state index < -0.39 is 18.0 Å². The summed E-state index contributed by atoms with van der Waals surface area (Å²) in [6.07, 6.45) is -2.27. The zero-order valence-electron chi connectivity index (χ0n) is 14.2. The summed E-state index contributed by atoms with van der Waals surface area (Å²) in [5.74, 6) is -2.50. The van der Waals surface area contributed by atoms with Gasteiger partial charge in [0.1, 0.15) is 5.51 Å². The molecule has 1 aromatic rings. The lowest BCUT2D eigenvalue weighted by Crippen LogP contribution is -2.45. The van der Waals surface area contributed by atoms with E-state index in [9.17, 15) is 22.8 Å². The maximum absolute atomic E-state index is 12.9. The van der Waals surface area contributed by atoms with Gasteiger partial charge in [-0.1, -0.05) is 17.8 Å². The zero-order chi connectivity index (χ0) is 18.7. The maximum Gasteiger partial charge on any atom is 0.391 e. The minimum Gasteiger partial charge on any atom is -0.342 e. The minimum atomic E-state index is -4.23. The molecule has 0 aromatic carbocycles. The summed E-state index contributed by atoms with van der Waals surface area (Å²) >= 11 is 1.23. The standard InChI is InChI=1S/C16H21F3N4O2S/c17-16(18,19)12-3-1-2-11(8-12)14(25)23-6-4-10(5-7-23)13(24)21-15-22-20-9-26-15/h9-12H,1-8H2,(H,21,22,24). The second-order valence-corrected chi connectivity index (χ2v) is 7.77. The molecule has 144 valence electrons. The summed E-state index contributed by atoms with van der Waals surface area (Å²) in [4.78, 5) is 26.4. The number of hydrogen-bond acceptors (Lipinski definition) is 5. The Morgan fingerprint density at radius 3 is 2.50 bits per heavy atom. The van der Waals surface area contributed by atoms with E-state index in [1.165, 1.54) is 16.8 Å². The number of carbonyl (C=O) groups is 2. The number of anilines is 1. The average molecular weight is 390 g/mol. The Balaban J connectivity index is 1.49. The van der Waals surface area contributed by atoms with Crippen molar-refractivity contribution in [3.05, 3.63) is 5.51 Å². The molecule has 1 saturated carbocycles. The molecule has 3 rings (SSSR count). The van der Waals surface area contributed by atoms with E-state index in [0.29, 0.717) is 43.9 Å². The lowest BCUT2D eigenvalue weighted by atomic mass is 9.80. The molecule has 2 amide bonds. The largest absolute Gasteiger partial charge is 0.391 e. The Morgan fingerprint density at radius 1 is 1.15 bits per heavy atom. The normalized spacial score (nSPS) is 25.1. The van der Waals surface area contributed by atoms with Gasteiger partial charge in [0.25, 0.3) is 0 Å². The highest BCUT2D eigenvalue weighted by atomic mass is 32.1. The van der Waals surface area contributed by atoms with Crippen molar-refractivity contribution in [2.45, 2.75) is 44.7 Å². The number of halogens is 3. The summed E-state index contributed by atoms with van der Waals surface area (Å²) in [6, 6.07) is 0. The van der Waals surface area contributed by atoms with Crippen molar-refractivity contribution in [3.63, 3.8) is 0 Å². The summed E-state index contributed by atoms with van der Waals surface area (Å²) in [5, 5.41) is 10.6. The first kappa shape index (κ1) is 19.1. The van der Waals surface area contributed by atoms with Crippen molar-refractivity contribution >= 4 is 28.3 Å². The quantitative estimate of drug-likeness (QED) is 0.861. The van der Waals surface area contributed by atoms with Gasteiger partial charge < -0.3 is 10.2 Å². The van der Waals surface area contributed by atoms with Gasteiger partial charge in [-0.05, 0) is 32.1 Å². The van der Waals surface area contributed by atoms with E-state index in [1.807, 2.05) is 0 Å². The van der Waals surface area contributed by atoms with Crippen LogP contribution >= 0.6 is 11.3 Å². The number of piperidine rings is 1. The molecule has 26 heavy (non-hydrogen) atoms. The molecule has 6 nitrogen and oxygen atoms in total. The van der Waals surface area contributed by atoms with E-state index in [4.69, 9.17) is 0 Å². The van der Waals surface area contributed by atoms with Gasteiger partial charge in [-0.3, -0.25) is 9.59 Å². The number of nitrogens with one attached hydrogen (secondary N) is 1. The second kappa shape index (κ2) is 7.89. The van der Waals surface area contributed by atoms with Crippen LogP contribution in [-0.4, -0.2) is 46.2 Å². The number of likely N-dealkylation sites (tertiary alicyclic amines) is 1. The molecule has 0 radical (unpaired) electrons. The van der Waals surface area contributed by atoms with Crippen LogP contribution in [0.5, 0.6) is 0 Å². The maximum atomic E-state index is 12.9. The summed E-state index contributed by atoms with van der Waals surface area (Å²) in [7, 11) is 0. The van der Waals surface area contributed by atoms with Gasteiger partial charge in [0, 0.05) is 24.9 Å². The predicted octanol–water partition coefficient (Wildman–Crippen LogP) is 3.08. The minimum absolute atomic E-state index is 0.111. The first-order valence-corrected chi connectivity index (χ1v) is 9.65. The molecule has 2 aliphatic rings. The van der Waals surface area contributed by atoms with Crippen LogP contribution in [0.15, 0.2) is 5.51 Å². The second-order valence-electron chi connectivity index (χ2n) is 6.93. The molecule has 1 aliphatic carbocycles. The number of hydrogen-bond donors (Lipinski definition) is 1. The van der Waals surface area contributed by atoms with Gasteiger partial charge in [-0.25, -0.2) is 0 Å². The van der Waals surface area contributed by atoms with E-state index in [-0.39, 0.29) is 30.6 Å². The Hall–Kier alpha value is -1.71. The number of amides is 2. The number of rotatable bonds is 3. The van der Waals surface area contributed by atoms with Crippen LogP contribution in [0.25, 0.3) is 0 Å². The fourth-order valence-electron chi connectivity index (χ4n) is 3.77. The zero-order valence-corrected chi connectivity index (χ0v) is 15.0. The van der Waals surface area contributed by atoms with Gasteiger partial charge in [-0.2, -0.15) is 13.2 Å². The fourth-order valence-corrected chi connectivity index (χ4v) is 4.21. The molecule has 1 saturated heterocycles. The van der Waals surface area contributed by atoms with Crippen molar-refractivity contribution in [2.24, 2.45) is 17.8 Å². The van der Waals surface area contributed by atoms with Crippen LogP contribution in [0.4, 0.5) is 18.3 Å². The molecule has 2 heterocycles. The van der Waals surface area contributed by atoms with Crippen LogP contribution in [0.2, 0.25) is 0 Å². The third kappa shape index (κ3) is 4.52. The molecule has 2 atom stereocenters. The predicted molar refractivity (Wildman–Crippen MR) is 89.3 cm³/mol. The third-order valence-electron chi connectivity index (χ3n) is 5.25. The van der Waals surface area contributed by atoms with Crippen molar-refractivity contribution in [3.8, 4) is 0 Å². The Labute approximate surface area is 153 Å². The fraction of sp³-hybridized carbons (Fsp3) is 0.750. The Kier molecular flexibility index (Phi) is 5.79. The van der Waals surface area contributed by atoms with Crippen LogP contribution in [0.1, 0.15) is 38.5 Å². The first-order chi connectivity index (χ1) is 12.3. The lowest BCUT2D eigenvalue weighted by molar-refractivity contribution is -0.187. The monoisotopic (exact) mass is 390 g/mol. The Bertz CT molecular complexity index is 630. The SMILES string of the molecule is O=C(Nc1nncs1)C1CCN(C(=O)C2CCCC(C(F)(F)F)C2)CC1. The van der Waals surface area contributed by atoms with Gasteiger partial charge in [0.05, 0.1) is 5.92 Å². The average Bonchev–Trinajstić information content (AvgIpc) is 3.13. The molecule has 1 aromatic heterocycles. The lowest BCUT2D eigenvalue weighted by Gasteiger charge is -2.36. The molecule has 10 heteroatoms. The number of alkyl halides is 3. The highest BCUT2D eigenvalue weighted by molar-refractivity contribution is 7.13. The summed E-state index contributed by atoms with van der Waals surface area (Å²) < 4.78 is 38.8. The van der Waals surface area contributed by atoms with Gasteiger partial charge in [0.15, 0.2) is 0 Å². The van der Waals surface area contributed by atoms with Crippen LogP contribution < -0.4 is 5.32 Å². The van der Waals surface area contributed by atoms with Crippen molar-refractivity contribution in [1.29, 1.82) is 0 Å². The third-order valence-corrected chi connectivity index (χ3v) is 5.86. The number of carbonyl (C=O) groups excluding carboxylic acids is 2. The summed E-state index contributed by atoms with van der Waals surface area (Å²) in [6.45, 7) is 0.806. The summed E-state index contributed by atoms with van der Waals surface area (Å²) in [5.41, 5.74) is 1.52. The Morgan fingerprint density at radius 2 is 1.88 bits per heavy atom. The molecule has 2 unspecified atom stereocenters. The van der Waals surface area contributed by atoms with Gasteiger partial charge in [0.2, 0.25) is 16.9 Å². The van der Waals surface area contributed by atoms with E-state index in [2.05, 4.69) is 15.5 Å². The van der Waals surface area contributed by atoms with Crippen molar-refractivity contribution < 1.29 is 22.8 Å². The molecule has 1 aliphatic heterocycles. The number of aromatic nitrogens is 2. The van der Waals surface area contributed by atoms with Crippen LogP contribution in [0.3, 0.4) is 0 Å².